The largest absolute Gasteiger partial charge is 0.505 e. The van der Waals surface area contributed by atoms with Gasteiger partial charge in [-0.1, -0.05) is 26.8 Å². The quantitative estimate of drug-likeness (QED) is 0.407. The van der Waals surface area contributed by atoms with E-state index in [0.717, 1.165) is 35.2 Å². The molecule has 9 heteroatoms. The van der Waals surface area contributed by atoms with Crippen LogP contribution in [0.4, 0.5) is 17.3 Å². The number of aryl methyl sites for hydroxylation is 1. The lowest BCUT2D eigenvalue weighted by Crippen LogP contribution is -2.23. The Morgan fingerprint density at radius 2 is 1.90 bits per heavy atom. The second-order valence-corrected chi connectivity index (χ2v) is 8.45. The van der Waals surface area contributed by atoms with Crippen molar-refractivity contribution in [2.75, 3.05) is 24.7 Å². The molecule has 0 aliphatic heterocycles. The summed E-state index contributed by atoms with van der Waals surface area (Å²) in [6.07, 6.45) is 0.791. The minimum atomic E-state index is -0.251. The maximum absolute atomic E-state index is 12.7. The molecule has 3 N–H and O–H groups in total. The SMILES string of the molecule is CCC(Nc1nsnc1Nc1ccc(C(C)C)c(C(=O)N(C)C)c1O)c1ccc(C)o1. The Bertz CT molecular complexity index is 1060. The normalized spacial score (nSPS) is 12.1. The summed E-state index contributed by atoms with van der Waals surface area (Å²) in [4.78, 5) is 14.2. The van der Waals surface area contributed by atoms with Crippen molar-refractivity contribution in [1.82, 2.24) is 13.6 Å². The van der Waals surface area contributed by atoms with Crippen molar-refractivity contribution in [3.8, 4) is 5.75 Å². The van der Waals surface area contributed by atoms with E-state index < -0.39 is 0 Å². The number of nitrogens with one attached hydrogen (secondary N) is 2. The Labute approximate surface area is 186 Å². The van der Waals surface area contributed by atoms with Crippen LogP contribution in [-0.4, -0.2) is 38.8 Å². The minimum Gasteiger partial charge on any atom is -0.505 e. The van der Waals surface area contributed by atoms with E-state index in [1.807, 2.05) is 39.0 Å². The smallest absolute Gasteiger partial charge is 0.257 e. The summed E-state index contributed by atoms with van der Waals surface area (Å²) in [6.45, 7) is 7.94. The molecule has 0 saturated carbocycles. The standard InChI is InChI=1S/C22H29N5O3S/c1-7-15(17-11-8-13(4)30-17)23-20-21(26-31-25-20)24-16-10-9-14(12(2)3)18(19(16)28)22(29)27(5)6/h8-12,15,28H,7H2,1-6H3,(H,23,25)(H,24,26). The summed E-state index contributed by atoms with van der Waals surface area (Å²) in [5.74, 6) is 2.43. The summed E-state index contributed by atoms with van der Waals surface area (Å²) < 4.78 is 14.4. The molecular formula is C22H29N5O3S. The van der Waals surface area contributed by atoms with Crippen LogP contribution in [0.3, 0.4) is 0 Å². The highest BCUT2D eigenvalue weighted by molar-refractivity contribution is 6.99. The van der Waals surface area contributed by atoms with Gasteiger partial charge in [0.15, 0.2) is 17.4 Å². The van der Waals surface area contributed by atoms with E-state index in [0.29, 0.717) is 22.9 Å². The van der Waals surface area contributed by atoms with Gasteiger partial charge in [0, 0.05) is 14.1 Å². The van der Waals surface area contributed by atoms with Crippen molar-refractivity contribution in [3.05, 3.63) is 46.9 Å². The Morgan fingerprint density at radius 1 is 1.19 bits per heavy atom. The lowest BCUT2D eigenvalue weighted by molar-refractivity contribution is 0.0823. The van der Waals surface area contributed by atoms with Crippen molar-refractivity contribution in [2.24, 2.45) is 0 Å². The third-order valence-corrected chi connectivity index (χ3v) is 5.55. The van der Waals surface area contributed by atoms with Gasteiger partial charge in [-0.05, 0) is 43.0 Å². The summed E-state index contributed by atoms with van der Waals surface area (Å²) in [5.41, 5.74) is 1.48. The molecule has 0 spiro atoms. The van der Waals surface area contributed by atoms with E-state index in [1.165, 1.54) is 4.90 Å². The van der Waals surface area contributed by atoms with Crippen molar-refractivity contribution in [3.63, 3.8) is 0 Å². The summed E-state index contributed by atoms with van der Waals surface area (Å²) in [5, 5.41) is 17.4. The second-order valence-electron chi connectivity index (χ2n) is 7.92. The number of hydrogen-bond acceptors (Lipinski definition) is 8. The van der Waals surface area contributed by atoms with E-state index in [1.54, 1.807) is 20.2 Å². The van der Waals surface area contributed by atoms with Gasteiger partial charge in [-0.2, -0.15) is 8.75 Å². The molecule has 2 heterocycles. The topological polar surface area (TPSA) is 104 Å². The average molecular weight is 444 g/mol. The van der Waals surface area contributed by atoms with Gasteiger partial charge in [-0.15, -0.1) is 0 Å². The number of anilines is 3. The first-order valence-corrected chi connectivity index (χ1v) is 11.0. The Morgan fingerprint density at radius 3 is 2.48 bits per heavy atom. The predicted molar refractivity (Wildman–Crippen MR) is 124 cm³/mol. The molecule has 0 aliphatic carbocycles. The first-order valence-electron chi connectivity index (χ1n) is 10.2. The molecule has 1 amide bonds. The number of carbonyl (C=O) groups excluding carboxylic acids is 1. The number of aromatic nitrogens is 2. The van der Waals surface area contributed by atoms with Gasteiger partial charge in [-0.25, -0.2) is 0 Å². The van der Waals surface area contributed by atoms with Crippen LogP contribution in [0.15, 0.2) is 28.7 Å². The predicted octanol–water partition coefficient (Wildman–Crippen LogP) is 5.28. The van der Waals surface area contributed by atoms with Crippen molar-refractivity contribution in [1.29, 1.82) is 0 Å². The van der Waals surface area contributed by atoms with Gasteiger partial charge in [0.25, 0.3) is 5.91 Å². The molecule has 0 saturated heterocycles. The number of amides is 1. The Balaban J connectivity index is 1.91. The van der Waals surface area contributed by atoms with Crippen LogP contribution in [0.5, 0.6) is 5.75 Å². The fraction of sp³-hybridized carbons (Fsp3) is 0.409. The van der Waals surface area contributed by atoms with Gasteiger partial charge < -0.3 is 25.1 Å². The maximum Gasteiger partial charge on any atom is 0.257 e. The number of carbonyl (C=O) groups is 1. The van der Waals surface area contributed by atoms with Crippen LogP contribution in [0.2, 0.25) is 0 Å². The van der Waals surface area contributed by atoms with Gasteiger partial charge >= 0.3 is 0 Å². The number of aromatic hydroxyl groups is 1. The number of phenolic OH excluding ortho intramolecular Hbond substituents is 1. The molecule has 8 nitrogen and oxygen atoms in total. The Hall–Kier alpha value is -3.07. The number of nitrogens with zero attached hydrogens (tertiary/aromatic N) is 3. The summed E-state index contributed by atoms with van der Waals surface area (Å²) in [7, 11) is 3.33. The highest BCUT2D eigenvalue weighted by atomic mass is 32.1. The van der Waals surface area contributed by atoms with E-state index in [2.05, 4.69) is 26.3 Å². The molecule has 3 rings (SSSR count). The van der Waals surface area contributed by atoms with Gasteiger partial charge in [-0.3, -0.25) is 4.79 Å². The molecule has 0 aliphatic rings. The van der Waals surface area contributed by atoms with Crippen LogP contribution < -0.4 is 10.6 Å². The zero-order valence-corrected chi connectivity index (χ0v) is 19.5. The fourth-order valence-electron chi connectivity index (χ4n) is 3.31. The number of hydrogen-bond donors (Lipinski definition) is 3. The van der Waals surface area contributed by atoms with Crippen LogP contribution in [0, 0.1) is 6.92 Å². The van der Waals surface area contributed by atoms with Gasteiger partial charge in [0.1, 0.15) is 11.5 Å². The number of phenols is 1. The summed E-state index contributed by atoms with van der Waals surface area (Å²) >= 11 is 1.06. The number of rotatable bonds is 8. The van der Waals surface area contributed by atoms with E-state index in [-0.39, 0.29) is 23.6 Å². The molecule has 0 radical (unpaired) electrons. The van der Waals surface area contributed by atoms with Crippen molar-refractivity contribution >= 4 is 35.0 Å². The first-order chi connectivity index (χ1) is 14.7. The summed E-state index contributed by atoms with van der Waals surface area (Å²) in [6, 6.07) is 7.42. The highest BCUT2D eigenvalue weighted by Crippen LogP contribution is 2.37. The third kappa shape index (κ3) is 4.82. The fourth-order valence-corrected chi connectivity index (χ4v) is 3.79. The molecule has 3 aromatic rings. The monoisotopic (exact) mass is 443 g/mol. The number of benzene rings is 1. The molecule has 1 atom stereocenters. The van der Waals surface area contributed by atoms with E-state index >= 15 is 0 Å². The molecular weight excluding hydrogens is 414 g/mol. The highest BCUT2D eigenvalue weighted by Gasteiger charge is 2.24. The molecule has 0 bridgehead atoms. The first kappa shape index (κ1) is 22.6. The van der Waals surface area contributed by atoms with Crippen LogP contribution in [0.1, 0.15) is 66.6 Å². The van der Waals surface area contributed by atoms with E-state index in [4.69, 9.17) is 4.42 Å². The van der Waals surface area contributed by atoms with E-state index in [9.17, 15) is 9.90 Å². The zero-order valence-electron chi connectivity index (χ0n) is 18.7. The van der Waals surface area contributed by atoms with Crippen molar-refractivity contribution in [2.45, 2.75) is 46.1 Å². The molecule has 2 aromatic heterocycles. The second kappa shape index (κ2) is 9.38. The molecule has 1 unspecified atom stereocenters. The van der Waals surface area contributed by atoms with Gasteiger partial charge in [0.05, 0.1) is 29.0 Å². The molecule has 0 fully saturated rings. The van der Waals surface area contributed by atoms with Crippen LogP contribution in [0.25, 0.3) is 0 Å². The average Bonchev–Trinajstić information content (AvgIpc) is 3.35. The molecule has 166 valence electrons. The molecule has 31 heavy (non-hydrogen) atoms. The Kier molecular flexibility index (Phi) is 6.84. The third-order valence-electron chi connectivity index (χ3n) is 5.02. The van der Waals surface area contributed by atoms with Crippen molar-refractivity contribution < 1.29 is 14.3 Å². The lowest BCUT2D eigenvalue weighted by Gasteiger charge is -2.20. The van der Waals surface area contributed by atoms with Crippen LogP contribution in [-0.2, 0) is 0 Å². The maximum atomic E-state index is 12.7. The number of furan rings is 1. The van der Waals surface area contributed by atoms with Crippen LogP contribution >= 0.6 is 11.7 Å². The molecule has 1 aromatic carbocycles. The van der Waals surface area contributed by atoms with Gasteiger partial charge in [0.2, 0.25) is 0 Å². The zero-order chi connectivity index (χ0) is 22.7. The minimum absolute atomic E-state index is 0.0686. The lowest BCUT2D eigenvalue weighted by atomic mass is 9.94.